The molecule has 1 aromatic rings. The predicted octanol–water partition coefficient (Wildman–Crippen LogP) is 6.30. The summed E-state index contributed by atoms with van der Waals surface area (Å²) in [7, 11) is 2.29. The third-order valence-electron chi connectivity index (χ3n) is 8.41. The Kier molecular flexibility index (Phi) is 5.62. The molecule has 4 unspecified atom stereocenters. The van der Waals surface area contributed by atoms with Gasteiger partial charge in [-0.15, -0.1) is 0 Å². The highest BCUT2D eigenvalue weighted by Gasteiger charge is 2.52. The van der Waals surface area contributed by atoms with Crippen LogP contribution in [0.5, 0.6) is 5.75 Å². The van der Waals surface area contributed by atoms with E-state index in [4.69, 9.17) is 0 Å². The molecule has 0 saturated heterocycles. The zero-order chi connectivity index (χ0) is 19.9. The molecule has 0 spiro atoms. The number of hydrogen-bond acceptors (Lipinski definition) is 2. The second kappa shape index (κ2) is 7.86. The molecule has 2 fully saturated rings. The number of phenolic OH excluding ortho intramolecular Hbond substituents is 1. The number of benzene rings is 1. The average Bonchev–Trinajstić information content (AvgIpc) is 3.03. The molecule has 1 N–H and O–H groups in total. The van der Waals surface area contributed by atoms with Crippen LogP contribution < -0.4 is 0 Å². The first-order valence-corrected chi connectivity index (χ1v) is 11.6. The van der Waals surface area contributed by atoms with Crippen LogP contribution in [-0.4, -0.2) is 30.1 Å². The van der Waals surface area contributed by atoms with Gasteiger partial charge in [-0.1, -0.05) is 37.5 Å². The van der Waals surface area contributed by atoms with Gasteiger partial charge >= 0.3 is 0 Å². The second-order valence-electron chi connectivity index (χ2n) is 10.1. The van der Waals surface area contributed by atoms with Crippen LogP contribution in [0.3, 0.4) is 0 Å². The molecule has 0 heterocycles. The maximum absolute atomic E-state index is 9.89. The van der Waals surface area contributed by atoms with Gasteiger partial charge in [0.1, 0.15) is 5.75 Å². The average molecular weight is 382 g/mol. The Morgan fingerprint density at radius 2 is 2.04 bits per heavy atom. The minimum atomic E-state index is 0.422. The molecular formula is C26H39NO. The number of allylic oxidation sites excluding steroid dienone is 1. The minimum Gasteiger partial charge on any atom is -0.508 e. The van der Waals surface area contributed by atoms with Gasteiger partial charge in [0.2, 0.25) is 0 Å². The van der Waals surface area contributed by atoms with Gasteiger partial charge in [0.05, 0.1) is 0 Å². The molecule has 2 heteroatoms. The minimum absolute atomic E-state index is 0.422. The Hall–Kier alpha value is -1.28. The van der Waals surface area contributed by atoms with Crippen LogP contribution in [0.4, 0.5) is 0 Å². The molecule has 3 aliphatic carbocycles. The van der Waals surface area contributed by atoms with E-state index in [0.29, 0.717) is 17.1 Å². The van der Waals surface area contributed by atoms with Crippen LogP contribution in [0.25, 0.3) is 0 Å². The van der Waals surface area contributed by atoms with E-state index in [1.165, 1.54) is 57.1 Å². The van der Waals surface area contributed by atoms with Gasteiger partial charge in [0.25, 0.3) is 0 Å². The first-order chi connectivity index (χ1) is 13.4. The lowest BCUT2D eigenvalue weighted by Crippen LogP contribution is -2.40. The van der Waals surface area contributed by atoms with Gasteiger partial charge in [-0.25, -0.2) is 0 Å². The summed E-state index contributed by atoms with van der Waals surface area (Å²) in [5, 5.41) is 9.89. The predicted molar refractivity (Wildman–Crippen MR) is 118 cm³/mol. The van der Waals surface area contributed by atoms with Gasteiger partial charge in [-0.3, -0.25) is 0 Å². The molecule has 2 saturated carbocycles. The van der Waals surface area contributed by atoms with E-state index >= 15 is 0 Å². The lowest BCUT2D eigenvalue weighted by Gasteiger charge is -2.50. The summed E-state index contributed by atoms with van der Waals surface area (Å²) < 4.78 is 0. The first-order valence-electron chi connectivity index (χ1n) is 11.6. The number of hydrogen-bond donors (Lipinski definition) is 1. The second-order valence-corrected chi connectivity index (χ2v) is 10.1. The van der Waals surface area contributed by atoms with Crippen molar-refractivity contribution in [3.05, 3.63) is 40.5 Å². The SMILES string of the molecule is CCCCN(C)CC(C)=C1CCC2C3CCc4cc(O)ccc4C3CCC12C. The Balaban J connectivity index is 1.55. The van der Waals surface area contributed by atoms with Crippen LogP contribution in [-0.2, 0) is 6.42 Å². The Morgan fingerprint density at radius 3 is 2.82 bits per heavy atom. The van der Waals surface area contributed by atoms with Crippen molar-refractivity contribution in [1.29, 1.82) is 0 Å². The number of likely N-dealkylation sites (N-methyl/N-ethyl adjacent to an activating group) is 1. The quantitative estimate of drug-likeness (QED) is 0.605. The number of fused-ring (bicyclic) bond motifs is 5. The summed E-state index contributed by atoms with van der Waals surface area (Å²) >= 11 is 0. The van der Waals surface area contributed by atoms with Crippen molar-refractivity contribution in [3.8, 4) is 5.75 Å². The lowest BCUT2D eigenvalue weighted by molar-refractivity contribution is 0.0806. The maximum Gasteiger partial charge on any atom is 0.115 e. The summed E-state index contributed by atoms with van der Waals surface area (Å²) in [5.41, 5.74) is 6.83. The molecular weight excluding hydrogens is 342 g/mol. The summed E-state index contributed by atoms with van der Waals surface area (Å²) in [4.78, 5) is 2.53. The van der Waals surface area contributed by atoms with Crippen LogP contribution in [0.15, 0.2) is 29.3 Å². The van der Waals surface area contributed by atoms with Crippen LogP contribution >= 0.6 is 0 Å². The fourth-order valence-electron chi connectivity index (χ4n) is 7.09. The van der Waals surface area contributed by atoms with Gasteiger partial charge in [0.15, 0.2) is 0 Å². The van der Waals surface area contributed by atoms with Crippen LogP contribution in [0.2, 0.25) is 0 Å². The maximum atomic E-state index is 9.89. The van der Waals surface area contributed by atoms with Crippen molar-refractivity contribution in [3.63, 3.8) is 0 Å². The molecule has 4 atom stereocenters. The van der Waals surface area contributed by atoms with Crippen molar-refractivity contribution in [2.75, 3.05) is 20.1 Å². The molecule has 3 aliphatic rings. The highest BCUT2D eigenvalue weighted by Crippen LogP contribution is 2.63. The van der Waals surface area contributed by atoms with E-state index in [1.807, 2.05) is 12.1 Å². The van der Waals surface area contributed by atoms with Gasteiger partial charge < -0.3 is 10.0 Å². The van der Waals surface area contributed by atoms with E-state index in [2.05, 4.69) is 38.8 Å². The monoisotopic (exact) mass is 381 g/mol. The fourth-order valence-corrected chi connectivity index (χ4v) is 7.09. The van der Waals surface area contributed by atoms with Crippen LogP contribution in [0.1, 0.15) is 82.8 Å². The molecule has 0 aliphatic heterocycles. The largest absolute Gasteiger partial charge is 0.508 e. The standard InChI is InChI=1S/C26H39NO/c1-5-6-15-27(4)17-18(2)24-11-12-25-23-9-7-19-16-20(28)8-10-21(19)22(23)13-14-26(24,25)3/h8,10,16,22-23,25,28H,5-7,9,11-15,17H2,1-4H3. The summed E-state index contributed by atoms with van der Waals surface area (Å²) in [6, 6.07) is 6.16. The highest BCUT2D eigenvalue weighted by atomic mass is 16.3. The van der Waals surface area contributed by atoms with Crippen LogP contribution in [0, 0.1) is 17.3 Å². The molecule has 0 bridgehead atoms. The Labute approximate surface area is 172 Å². The molecule has 154 valence electrons. The zero-order valence-corrected chi connectivity index (χ0v) is 18.4. The number of aromatic hydroxyl groups is 1. The topological polar surface area (TPSA) is 23.5 Å². The molecule has 4 rings (SSSR count). The molecule has 28 heavy (non-hydrogen) atoms. The first kappa shape index (κ1) is 20.0. The smallest absolute Gasteiger partial charge is 0.115 e. The normalized spacial score (nSPS) is 33.4. The third kappa shape index (κ3) is 3.43. The molecule has 0 amide bonds. The van der Waals surface area contributed by atoms with Gasteiger partial charge in [-0.2, -0.15) is 0 Å². The van der Waals surface area contributed by atoms with Crippen molar-refractivity contribution in [2.45, 2.75) is 78.1 Å². The van der Waals surface area contributed by atoms with E-state index in [-0.39, 0.29) is 0 Å². The Bertz CT molecular complexity index is 751. The lowest BCUT2D eigenvalue weighted by atomic mass is 9.55. The summed E-state index contributed by atoms with van der Waals surface area (Å²) in [5.74, 6) is 2.83. The summed E-state index contributed by atoms with van der Waals surface area (Å²) in [6.07, 6.45) is 10.4. The number of rotatable bonds is 5. The number of nitrogens with zero attached hydrogens (tertiary/aromatic N) is 1. The highest BCUT2D eigenvalue weighted by molar-refractivity contribution is 5.41. The van der Waals surface area contributed by atoms with Crippen molar-refractivity contribution >= 4 is 0 Å². The van der Waals surface area contributed by atoms with Crippen molar-refractivity contribution in [1.82, 2.24) is 4.90 Å². The van der Waals surface area contributed by atoms with Gasteiger partial charge in [0, 0.05) is 6.54 Å². The fraction of sp³-hybridized carbons (Fsp3) is 0.692. The number of unbranched alkanes of at least 4 members (excludes halogenated alkanes) is 1. The number of aryl methyl sites for hydroxylation is 1. The molecule has 0 radical (unpaired) electrons. The molecule has 0 aromatic heterocycles. The van der Waals surface area contributed by atoms with Gasteiger partial charge in [-0.05, 0) is 112 Å². The molecule has 2 nitrogen and oxygen atoms in total. The van der Waals surface area contributed by atoms with Crippen molar-refractivity contribution in [2.24, 2.45) is 17.3 Å². The summed E-state index contributed by atoms with van der Waals surface area (Å²) in [6.45, 7) is 9.65. The Morgan fingerprint density at radius 1 is 1.21 bits per heavy atom. The molecule has 1 aromatic carbocycles. The van der Waals surface area contributed by atoms with E-state index in [9.17, 15) is 5.11 Å². The number of phenols is 1. The van der Waals surface area contributed by atoms with E-state index < -0.39 is 0 Å². The van der Waals surface area contributed by atoms with E-state index in [0.717, 1.165) is 24.8 Å². The third-order valence-corrected chi connectivity index (χ3v) is 8.41. The zero-order valence-electron chi connectivity index (χ0n) is 18.4. The van der Waals surface area contributed by atoms with E-state index in [1.54, 1.807) is 16.7 Å². The van der Waals surface area contributed by atoms with Crippen molar-refractivity contribution < 1.29 is 5.11 Å².